The number of carbonyl (C=O) groups excluding carboxylic acids is 2. The molecule has 0 heterocycles. The molecule has 0 aliphatic rings. The van der Waals surface area contributed by atoms with Gasteiger partial charge in [-0.2, -0.15) is 13.2 Å². The molecular formula is C26H32F3NO2. The van der Waals surface area contributed by atoms with E-state index in [1.807, 2.05) is 27.7 Å². The van der Waals surface area contributed by atoms with Gasteiger partial charge in [0.15, 0.2) is 0 Å². The third-order valence-corrected chi connectivity index (χ3v) is 5.56. The van der Waals surface area contributed by atoms with E-state index in [4.69, 9.17) is 0 Å². The van der Waals surface area contributed by atoms with Gasteiger partial charge in [-0.25, -0.2) is 0 Å². The smallest absolute Gasteiger partial charge is 0.326 e. The van der Waals surface area contributed by atoms with Crippen LogP contribution in [0.3, 0.4) is 0 Å². The van der Waals surface area contributed by atoms with E-state index in [9.17, 15) is 22.8 Å². The minimum Gasteiger partial charge on any atom is -0.326 e. The molecule has 3 nitrogen and oxygen atoms in total. The van der Waals surface area contributed by atoms with Crippen molar-refractivity contribution in [2.45, 2.75) is 77.3 Å². The molecule has 0 saturated carbocycles. The van der Waals surface area contributed by atoms with Crippen LogP contribution in [-0.2, 0) is 16.4 Å². The summed E-state index contributed by atoms with van der Waals surface area (Å²) in [6.07, 6.45) is -0.771. The van der Waals surface area contributed by atoms with E-state index >= 15 is 0 Å². The van der Waals surface area contributed by atoms with Crippen molar-refractivity contribution in [3.63, 3.8) is 0 Å². The van der Waals surface area contributed by atoms with E-state index in [-0.39, 0.29) is 23.3 Å². The Morgan fingerprint density at radius 3 is 2.31 bits per heavy atom. The summed E-state index contributed by atoms with van der Waals surface area (Å²) in [7, 11) is 0. The number of benzene rings is 2. The molecule has 0 aliphatic carbocycles. The van der Waals surface area contributed by atoms with Gasteiger partial charge in [0.05, 0.1) is 5.56 Å². The number of hydrogen-bond acceptors (Lipinski definition) is 2. The standard InChI is InChI=1S/C26H32F3NO2/c1-5-6-7-10-19(20-11-8-9-12-21(20)26(27,28)29)16-24(32)30-23-15-18(17-31)13-14-22(23)25(2,3)4/h8-9,11-15,17,19H,5-7,10,16H2,1-4H3,(H,30,32). The first kappa shape index (κ1) is 25.6. The second-order valence-corrected chi connectivity index (χ2v) is 9.20. The van der Waals surface area contributed by atoms with Crippen molar-refractivity contribution < 1.29 is 22.8 Å². The number of aldehydes is 1. The van der Waals surface area contributed by atoms with Crippen molar-refractivity contribution in [2.75, 3.05) is 5.32 Å². The lowest BCUT2D eigenvalue weighted by molar-refractivity contribution is -0.138. The first-order chi connectivity index (χ1) is 15.0. The molecule has 2 aromatic carbocycles. The SMILES string of the molecule is CCCCCC(CC(=O)Nc1cc(C=O)ccc1C(C)(C)C)c1ccccc1C(F)(F)F. The van der Waals surface area contributed by atoms with Gasteiger partial charge in [0.1, 0.15) is 6.29 Å². The molecule has 2 rings (SSSR count). The fraction of sp³-hybridized carbons (Fsp3) is 0.462. The number of anilines is 1. The van der Waals surface area contributed by atoms with E-state index in [1.54, 1.807) is 24.3 Å². The zero-order valence-corrected chi connectivity index (χ0v) is 19.2. The molecule has 6 heteroatoms. The summed E-state index contributed by atoms with van der Waals surface area (Å²) in [4.78, 5) is 24.2. The fourth-order valence-electron chi connectivity index (χ4n) is 3.94. The van der Waals surface area contributed by atoms with Crippen LogP contribution in [0.15, 0.2) is 42.5 Å². The van der Waals surface area contributed by atoms with E-state index in [0.29, 0.717) is 24.0 Å². The first-order valence-electron chi connectivity index (χ1n) is 11.0. The third kappa shape index (κ3) is 6.94. The van der Waals surface area contributed by atoms with Crippen LogP contribution < -0.4 is 5.32 Å². The average Bonchev–Trinajstić information content (AvgIpc) is 2.71. The molecule has 0 aliphatic heterocycles. The van der Waals surface area contributed by atoms with Crippen molar-refractivity contribution in [1.29, 1.82) is 0 Å². The summed E-state index contributed by atoms with van der Waals surface area (Å²) < 4.78 is 40.8. The molecule has 0 spiro atoms. The van der Waals surface area contributed by atoms with Crippen molar-refractivity contribution >= 4 is 17.9 Å². The molecule has 0 saturated heterocycles. The Balaban J connectivity index is 2.34. The van der Waals surface area contributed by atoms with Gasteiger partial charge in [-0.05, 0) is 41.0 Å². The molecular weight excluding hydrogens is 415 g/mol. The van der Waals surface area contributed by atoms with E-state index in [0.717, 1.165) is 30.9 Å². The lowest BCUT2D eigenvalue weighted by atomic mass is 9.84. The molecule has 0 bridgehead atoms. The number of amides is 1. The maximum absolute atomic E-state index is 13.6. The predicted molar refractivity (Wildman–Crippen MR) is 122 cm³/mol. The van der Waals surface area contributed by atoms with Gasteiger partial charge < -0.3 is 5.32 Å². The number of alkyl halides is 3. The highest BCUT2D eigenvalue weighted by molar-refractivity contribution is 5.93. The summed E-state index contributed by atoms with van der Waals surface area (Å²) in [6, 6.07) is 10.6. The molecule has 0 aromatic heterocycles. The third-order valence-electron chi connectivity index (χ3n) is 5.56. The Bertz CT molecular complexity index is 929. The van der Waals surface area contributed by atoms with E-state index in [2.05, 4.69) is 5.32 Å². The summed E-state index contributed by atoms with van der Waals surface area (Å²) in [5.74, 6) is -0.913. The monoisotopic (exact) mass is 447 g/mol. The molecule has 0 radical (unpaired) electrons. The number of hydrogen-bond donors (Lipinski definition) is 1. The van der Waals surface area contributed by atoms with Crippen molar-refractivity contribution in [3.8, 4) is 0 Å². The molecule has 1 atom stereocenters. The highest BCUT2D eigenvalue weighted by Crippen LogP contribution is 2.38. The summed E-state index contributed by atoms with van der Waals surface area (Å²) >= 11 is 0. The Morgan fingerprint density at radius 1 is 1.03 bits per heavy atom. The molecule has 0 fully saturated rings. The second-order valence-electron chi connectivity index (χ2n) is 9.20. The van der Waals surface area contributed by atoms with Crippen molar-refractivity contribution in [3.05, 3.63) is 64.7 Å². The summed E-state index contributed by atoms with van der Waals surface area (Å²) in [5.41, 5.74) is 0.984. The first-order valence-corrected chi connectivity index (χ1v) is 11.0. The van der Waals surface area contributed by atoms with Crippen LogP contribution in [0.25, 0.3) is 0 Å². The number of unbranched alkanes of at least 4 members (excludes halogenated alkanes) is 2. The highest BCUT2D eigenvalue weighted by Gasteiger charge is 2.35. The zero-order valence-electron chi connectivity index (χ0n) is 19.2. The fourth-order valence-corrected chi connectivity index (χ4v) is 3.94. The number of carbonyl (C=O) groups is 2. The largest absolute Gasteiger partial charge is 0.416 e. The quantitative estimate of drug-likeness (QED) is 0.319. The van der Waals surface area contributed by atoms with E-state index in [1.165, 1.54) is 12.1 Å². The minimum absolute atomic E-state index is 0.0638. The average molecular weight is 448 g/mol. The van der Waals surface area contributed by atoms with Crippen LogP contribution in [0.1, 0.15) is 92.8 Å². The number of halogens is 3. The van der Waals surface area contributed by atoms with Gasteiger partial charge in [-0.1, -0.05) is 77.3 Å². The maximum atomic E-state index is 13.6. The molecule has 2 aromatic rings. The Hall–Kier alpha value is -2.63. The molecule has 1 amide bonds. The molecule has 32 heavy (non-hydrogen) atoms. The van der Waals surface area contributed by atoms with Crippen LogP contribution in [0, 0.1) is 0 Å². The summed E-state index contributed by atoms with van der Waals surface area (Å²) in [5, 5.41) is 2.86. The van der Waals surface area contributed by atoms with Crippen LogP contribution in [-0.4, -0.2) is 12.2 Å². The number of rotatable bonds is 9. The van der Waals surface area contributed by atoms with Crippen LogP contribution in [0.4, 0.5) is 18.9 Å². The van der Waals surface area contributed by atoms with Gasteiger partial charge in [0, 0.05) is 17.7 Å². The van der Waals surface area contributed by atoms with Gasteiger partial charge in [-0.3, -0.25) is 9.59 Å². The Kier molecular flexibility index (Phi) is 8.65. The lowest BCUT2D eigenvalue weighted by Gasteiger charge is -2.25. The van der Waals surface area contributed by atoms with Crippen molar-refractivity contribution in [2.24, 2.45) is 0 Å². The van der Waals surface area contributed by atoms with Crippen LogP contribution in [0.2, 0.25) is 0 Å². The molecule has 1 unspecified atom stereocenters. The second kappa shape index (κ2) is 10.8. The van der Waals surface area contributed by atoms with Crippen LogP contribution >= 0.6 is 0 Å². The van der Waals surface area contributed by atoms with E-state index < -0.39 is 17.7 Å². The van der Waals surface area contributed by atoms with Crippen LogP contribution in [0.5, 0.6) is 0 Å². The lowest BCUT2D eigenvalue weighted by Crippen LogP contribution is -2.21. The topological polar surface area (TPSA) is 46.2 Å². The summed E-state index contributed by atoms with van der Waals surface area (Å²) in [6.45, 7) is 8.00. The normalized spacial score (nSPS) is 13.0. The maximum Gasteiger partial charge on any atom is 0.416 e. The zero-order chi connectivity index (χ0) is 23.9. The Morgan fingerprint density at radius 2 is 1.72 bits per heavy atom. The Labute approximate surface area is 188 Å². The molecule has 174 valence electrons. The molecule has 1 N–H and O–H groups in total. The van der Waals surface area contributed by atoms with Gasteiger partial charge >= 0.3 is 6.18 Å². The van der Waals surface area contributed by atoms with Crippen molar-refractivity contribution in [1.82, 2.24) is 0 Å². The number of nitrogens with one attached hydrogen (secondary N) is 1. The van der Waals surface area contributed by atoms with Gasteiger partial charge in [0.25, 0.3) is 0 Å². The van der Waals surface area contributed by atoms with Gasteiger partial charge in [0.2, 0.25) is 5.91 Å². The predicted octanol–water partition coefficient (Wildman–Crippen LogP) is 7.51. The van der Waals surface area contributed by atoms with Gasteiger partial charge in [-0.15, -0.1) is 0 Å². The highest BCUT2D eigenvalue weighted by atomic mass is 19.4. The minimum atomic E-state index is -4.48.